The number of carbonyl (C=O) groups excluding carboxylic acids is 1. The third-order valence-electron chi connectivity index (χ3n) is 5.29. The highest BCUT2D eigenvalue weighted by Crippen LogP contribution is 2.29. The summed E-state index contributed by atoms with van der Waals surface area (Å²) in [7, 11) is 3.43. The van der Waals surface area contributed by atoms with Crippen molar-refractivity contribution < 1.29 is 14.3 Å². The maximum absolute atomic E-state index is 12.0. The van der Waals surface area contributed by atoms with E-state index in [2.05, 4.69) is 30.4 Å². The molecule has 2 N–H and O–H groups in total. The lowest BCUT2D eigenvalue weighted by Crippen LogP contribution is -2.54. The summed E-state index contributed by atoms with van der Waals surface area (Å²) < 4.78 is 10.7. The largest absolute Gasteiger partial charge is 0.477 e. The number of ether oxygens (including phenoxy) is 2. The molecule has 9 heteroatoms. The van der Waals surface area contributed by atoms with Crippen LogP contribution in [-0.4, -0.2) is 93.3 Å². The molecule has 1 amide bonds. The Hall–Kier alpha value is -2.39. The van der Waals surface area contributed by atoms with Gasteiger partial charge in [0.25, 0.3) is 0 Å². The first-order valence-corrected chi connectivity index (χ1v) is 10.7. The summed E-state index contributed by atoms with van der Waals surface area (Å²) in [5.74, 6) is 2.31. The lowest BCUT2D eigenvalue weighted by atomic mass is 10.2. The smallest absolute Gasteiger partial charge is 0.234 e. The van der Waals surface area contributed by atoms with E-state index in [4.69, 9.17) is 9.47 Å². The summed E-state index contributed by atoms with van der Waals surface area (Å²) in [5.41, 5.74) is 1.11. The number of amides is 1. The molecule has 2 aliphatic rings. The van der Waals surface area contributed by atoms with Crippen molar-refractivity contribution in [2.75, 3.05) is 66.6 Å². The van der Waals surface area contributed by atoms with Crippen molar-refractivity contribution in [2.24, 2.45) is 10.9 Å². The third kappa shape index (κ3) is 7.46. The summed E-state index contributed by atoms with van der Waals surface area (Å²) in [6.45, 7) is 6.25. The number of aliphatic imine (C=N–C) groups is 1. The minimum Gasteiger partial charge on any atom is -0.477 e. The Morgan fingerprint density at radius 3 is 2.77 bits per heavy atom. The molecule has 9 nitrogen and oxygen atoms in total. The van der Waals surface area contributed by atoms with Crippen LogP contribution in [0.5, 0.6) is 5.88 Å². The van der Waals surface area contributed by atoms with Gasteiger partial charge in [0.05, 0.1) is 19.8 Å². The Bertz CT molecular complexity index is 702. The molecule has 1 aliphatic carbocycles. The summed E-state index contributed by atoms with van der Waals surface area (Å²) >= 11 is 0. The minimum atomic E-state index is 0.0420. The van der Waals surface area contributed by atoms with Crippen LogP contribution in [-0.2, 0) is 16.1 Å². The number of nitrogens with zero attached hydrogens (tertiary/aromatic N) is 4. The molecular weight excluding hydrogens is 384 g/mol. The molecule has 0 unspecified atom stereocenters. The second-order valence-electron chi connectivity index (χ2n) is 7.76. The number of carbonyl (C=O) groups is 1. The van der Waals surface area contributed by atoms with Crippen molar-refractivity contribution in [2.45, 2.75) is 19.4 Å². The SMILES string of the molecule is CN=C(NCc1ccnc(OCC2CC2)c1)N1CCN(CC(=O)NCCOC)CC1. The van der Waals surface area contributed by atoms with Crippen LogP contribution in [0, 0.1) is 5.92 Å². The highest BCUT2D eigenvalue weighted by atomic mass is 16.5. The predicted octanol–water partition coefficient (Wildman–Crippen LogP) is 0.326. The van der Waals surface area contributed by atoms with Crippen LogP contribution >= 0.6 is 0 Å². The Morgan fingerprint density at radius 2 is 2.07 bits per heavy atom. The van der Waals surface area contributed by atoms with E-state index in [0.29, 0.717) is 38.0 Å². The highest BCUT2D eigenvalue weighted by molar-refractivity contribution is 5.80. The van der Waals surface area contributed by atoms with Crippen LogP contribution in [0.3, 0.4) is 0 Å². The maximum atomic E-state index is 12.0. The Balaban J connectivity index is 1.39. The zero-order valence-corrected chi connectivity index (χ0v) is 18.1. The van der Waals surface area contributed by atoms with Gasteiger partial charge in [0.2, 0.25) is 11.8 Å². The van der Waals surface area contributed by atoms with Gasteiger partial charge in [0.15, 0.2) is 5.96 Å². The molecule has 0 atom stereocenters. The molecule has 30 heavy (non-hydrogen) atoms. The van der Waals surface area contributed by atoms with Gasteiger partial charge in [-0.15, -0.1) is 0 Å². The minimum absolute atomic E-state index is 0.0420. The van der Waals surface area contributed by atoms with Crippen molar-refractivity contribution in [3.63, 3.8) is 0 Å². The number of guanidine groups is 1. The molecule has 1 aromatic rings. The molecule has 0 spiro atoms. The summed E-state index contributed by atoms with van der Waals surface area (Å²) in [5, 5.41) is 6.30. The average molecular weight is 419 g/mol. The van der Waals surface area contributed by atoms with E-state index in [1.165, 1.54) is 12.8 Å². The third-order valence-corrected chi connectivity index (χ3v) is 5.29. The molecule has 1 saturated heterocycles. The van der Waals surface area contributed by atoms with Crippen molar-refractivity contribution in [1.82, 2.24) is 25.4 Å². The predicted molar refractivity (Wildman–Crippen MR) is 116 cm³/mol. The zero-order chi connectivity index (χ0) is 21.2. The van der Waals surface area contributed by atoms with E-state index in [0.717, 1.165) is 44.3 Å². The van der Waals surface area contributed by atoms with Gasteiger partial charge in [-0.2, -0.15) is 0 Å². The number of piperazine rings is 1. The molecule has 2 heterocycles. The fraction of sp³-hybridized carbons (Fsp3) is 0.667. The van der Waals surface area contributed by atoms with E-state index in [9.17, 15) is 4.79 Å². The molecule has 1 aromatic heterocycles. The topological polar surface area (TPSA) is 91.3 Å². The monoisotopic (exact) mass is 418 g/mol. The number of pyridine rings is 1. The first-order valence-electron chi connectivity index (χ1n) is 10.7. The molecule has 166 valence electrons. The number of nitrogens with one attached hydrogen (secondary N) is 2. The Labute approximate surface area is 178 Å². The van der Waals surface area contributed by atoms with Crippen molar-refractivity contribution >= 4 is 11.9 Å². The summed E-state index contributed by atoms with van der Waals surface area (Å²) in [4.78, 5) is 25.1. The van der Waals surface area contributed by atoms with Crippen molar-refractivity contribution in [1.29, 1.82) is 0 Å². The molecule has 2 fully saturated rings. The lowest BCUT2D eigenvalue weighted by Gasteiger charge is -2.36. The Kier molecular flexibility index (Phi) is 8.70. The van der Waals surface area contributed by atoms with Gasteiger partial charge < -0.3 is 25.0 Å². The van der Waals surface area contributed by atoms with Gasteiger partial charge >= 0.3 is 0 Å². The van der Waals surface area contributed by atoms with Gasteiger partial charge in [-0.05, 0) is 30.4 Å². The van der Waals surface area contributed by atoms with E-state index in [1.54, 1.807) is 20.4 Å². The first kappa shape index (κ1) is 22.3. The van der Waals surface area contributed by atoms with Gasteiger partial charge in [-0.1, -0.05) is 0 Å². The van der Waals surface area contributed by atoms with E-state index < -0.39 is 0 Å². The van der Waals surface area contributed by atoms with E-state index in [-0.39, 0.29) is 5.91 Å². The normalized spacial score (nSPS) is 17.7. The van der Waals surface area contributed by atoms with Crippen LogP contribution in [0.15, 0.2) is 23.3 Å². The van der Waals surface area contributed by atoms with E-state index >= 15 is 0 Å². The quantitative estimate of drug-likeness (QED) is 0.321. The standard InChI is InChI=1S/C21H34N6O3/c1-22-21(25-14-18-5-6-24-20(13-18)30-16-17-3-4-17)27-10-8-26(9-11-27)15-19(28)23-7-12-29-2/h5-6,13,17H,3-4,7-12,14-16H2,1-2H3,(H,22,25)(H,23,28). The molecule has 0 bridgehead atoms. The van der Waals surface area contributed by atoms with Gasteiger partial charge in [-0.3, -0.25) is 14.7 Å². The highest BCUT2D eigenvalue weighted by Gasteiger charge is 2.22. The van der Waals surface area contributed by atoms with Crippen LogP contribution < -0.4 is 15.4 Å². The number of rotatable bonds is 10. The maximum Gasteiger partial charge on any atom is 0.234 e. The van der Waals surface area contributed by atoms with Crippen molar-refractivity contribution in [3.05, 3.63) is 23.9 Å². The first-order chi connectivity index (χ1) is 14.7. The van der Waals surface area contributed by atoms with Gasteiger partial charge in [-0.25, -0.2) is 4.98 Å². The summed E-state index contributed by atoms with van der Waals surface area (Å²) in [6.07, 6.45) is 4.32. The zero-order valence-electron chi connectivity index (χ0n) is 18.1. The van der Waals surface area contributed by atoms with Crippen LogP contribution in [0.25, 0.3) is 0 Å². The van der Waals surface area contributed by atoms with Crippen LogP contribution in [0.4, 0.5) is 0 Å². The van der Waals surface area contributed by atoms with Crippen LogP contribution in [0.2, 0.25) is 0 Å². The number of hydrogen-bond acceptors (Lipinski definition) is 6. The molecule has 0 radical (unpaired) electrons. The van der Waals surface area contributed by atoms with E-state index in [1.807, 2.05) is 12.1 Å². The molecule has 3 rings (SSSR count). The fourth-order valence-electron chi connectivity index (χ4n) is 3.31. The lowest BCUT2D eigenvalue weighted by molar-refractivity contribution is -0.122. The number of hydrogen-bond donors (Lipinski definition) is 2. The fourth-order valence-corrected chi connectivity index (χ4v) is 3.31. The van der Waals surface area contributed by atoms with Crippen molar-refractivity contribution in [3.8, 4) is 5.88 Å². The van der Waals surface area contributed by atoms with Gasteiger partial charge in [0.1, 0.15) is 0 Å². The van der Waals surface area contributed by atoms with Gasteiger partial charge in [0, 0.05) is 65.7 Å². The van der Waals surface area contributed by atoms with Crippen LogP contribution in [0.1, 0.15) is 18.4 Å². The number of methoxy groups -OCH3 is 1. The molecule has 1 saturated carbocycles. The molecular formula is C21H34N6O3. The second kappa shape index (κ2) is 11.7. The average Bonchev–Trinajstić information content (AvgIpc) is 3.59. The second-order valence-corrected chi connectivity index (χ2v) is 7.76. The number of aromatic nitrogens is 1. The molecule has 1 aliphatic heterocycles. The summed E-state index contributed by atoms with van der Waals surface area (Å²) in [6, 6.07) is 3.98. The molecule has 0 aromatic carbocycles. The Morgan fingerprint density at radius 1 is 1.27 bits per heavy atom.